The molecule has 26 heavy (non-hydrogen) atoms. The van der Waals surface area contributed by atoms with Gasteiger partial charge in [-0.1, -0.05) is 17.3 Å². The average Bonchev–Trinajstić information content (AvgIpc) is 3.32. The standard InChI is InChI=1S/C18H15N5O2S/c24-18(15-13-5-3-7-19-16(13)20-25-15)23-10-8-22(9-11-23)17-12-4-1-2-6-14(12)26-21-17/h1-7H,8-11H2. The van der Waals surface area contributed by atoms with Crippen LogP contribution in [0.3, 0.4) is 0 Å². The first kappa shape index (κ1) is 15.3. The van der Waals surface area contributed by atoms with Gasteiger partial charge in [0, 0.05) is 37.8 Å². The Labute approximate surface area is 153 Å². The number of fused-ring (bicyclic) bond motifs is 2. The maximum atomic E-state index is 12.8. The number of hydrogen-bond acceptors (Lipinski definition) is 7. The van der Waals surface area contributed by atoms with Crippen molar-refractivity contribution in [3.05, 3.63) is 48.4 Å². The molecule has 0 N–H and O–H groups in total. The summed E-state index contributed by atoms with van der Waals surface area (Å²) in [5, 5.41) is 5.70. The minimum absolute atomic E-state index is 0.136. The Morgan fingerprint density at radius 2 is 1.85 bits per heavy atom. The van der Waals surface area contributed by atoms with Crippen LogP contribution < -0.4 is 4.90 Å². The second-order valence-electron chi connectivity index (χ2n) is 6.17. The number of carbonyl (C=O) groups is 1. The topological polar surface area (TPSA) is 75.4 Å². The van der Waals surface area contributed by atoms with E-state index in [9.17, 15) is 4.79 Å². The zero-order chi connectivity index (χ0) is 17.5. The quantitative estimate of drug-likeness (QED) is 0.544. The van der Waals surface area contributed by atoms with Crippen molar-refractivity contribution in [1.82, 2.24) is 19.4 Å². The third kappa shape index (κ3) is 2.41. The lowest BCUT2D eigenvalue weighted by molar-refractivity contribution is 0.0707. The summed E-state index contributed by atoms with van der Waals surface area (Å²) < 4.78 is 11.0. The molecule has 5 rings (SSSR count). The van der Waals surface area contributed by atoms with Crippen molar-refractivity contribution in [2.45, 2.75) is 0 Å². The van der Waals surface area contributed by atoms with E-state index in [-0.39, 0.29) is 11.7 Å². The first-order chi connectivity index (χ1) is 12.8. The molecule has 1 fully saturated rings. The van der Waals surface area contributed by atoms with Gasteiger partial charge in [-0.2, -0.15) is 4.37 Å². The van der Waals surface area contributed by atoms with E-state index in [0.29, 0.717) is 24.1 Å². The molecular formula is C18H15N5O2S. The second-order valence-corrected chi connectivity index (χ2v) is 6.97. The fourth-order valence-corrected chi connectivity index (χ4v) is 4.10. The van der Waals surface area contributed by atoms with Gasteiger partial charge in [-0.25, -0.2) is 4.98 Å². The number of piperazine rings is 1. The highest BCUT2D eigenvalue weighted by molar-refractivity contribution is 7.13. The smallest absolute Gasteiger partial charge is 0.293 e. The zero-order valence-corrected chi connectivity index (χ0v) is 14.6. The van der Waals surface area contributed by atoms with E-state index in [1.54, 1.807) is 17.2 Å². The van der Waals surface area contributed by atoms with Gasteiger partial charge in [-0.15, -0.1) is 0 Å². The molecule has 7 nitrogen and oxygen atoms in total. The van der Waals surface area contributed by atoms with E-state index in [2.05, 4.69) is 31.5 Å². The Bertz CT molecular complexity index is 1100. The Morgan fingerprint density at radius 3 is 2.73 bits per heavy atom. The van der Waals surface area contributed by atoms with Gasteiger partial charge < -0.3 is 14.3 Å². The van der Waals surface area contributed by atoms with Crippen molar-refractivity contribution in [1.29, 1.82) is 0 Å². The first-order valence-corrected chi connectivity index (χ1v) is 9.17. The summed E-state index contributed by atoms with van der Waals surface area (Å²) >= 11 is 1.51. The molecule has 3 aromatic heterocycles. The Hall–Kier alpha value is -3.00. The van der Waals surface area contributed by atoms with Crippen LogP contribution in [0.25, 0.3) is 21.1 Å². The molecule has 0 spiro atoms. The molecule has 130 valence electrons. The van der Waals surface area contributed by atoms with E-state index in [1.807, 2.05) is 18.2 Å². The predicted octanol–water partition coefficient (Wildman–Crippen LogP) is 2.79. The number of hydrogen-bond donors (Lipinski definition) is 0. The van der Waals surface area contributed by atoms with E-state index in [0.717, 1.165) is 18.9 Å². The highest BCUT2D eigenvalue weighted by atomic mass is 32.1. The predicted molar refractivity (Wildman–Crippen MR) is 99.5 cm³/mol. The fraction of sp³-hybridized carbons (Fsp3) is 0.222. The molecule has 8 heteroatoms. The number of anilines is 1. The Kier molecular flexibility index (Phi) is 3.56. The number of nitrogens with zero attached hydrogens (tertiary/aromatic N) is 5. The van der Waals surface area contributed by atoms with Gasteiger partial charge in [-0.3, -0.25) is 4.79 Å². The third-order valence-corrected chi connectivity index (χ3v) is 5.49. The van der Waals surface area contributed by atoms with Crippen molar-refractivity contribution in [2.75, 3.05) is 31.1 Å². The van der Waals surface area contributed by atoms with Gasteiger partial charge >= 0.3 is 0 Å². The molecule has 0 atom stereocenters. The van der Waals surface area contributed by atoms with Crippen molar-refractivity contribution in [2.24, 2.45) is 0 Å². The van der Waals surface area contributed by atoms with Crippen LogP contribution in [-0.2, 0) is 0 Å². The SMILES string of the molecule is O=C(c1onc2ncccc12)N1CCN(c2nsc3ccccc23)CC1. The van der Waals surface area contributed by atoms with Crippen LogP contribution in [0.15, 0.2) is 47.1 Å². The molecule has 0 unspecified atom stereocenters. The summed E-state index contributed by atoms with van der Waals surface area (Å²) in [5.74, 6) is 1.14. The number of aromatic nitrogens is 3. The van der Waals surface area contributed by atoms with Gasteiger partial charge in [0.05, 0.1) is 10.1 Å². The minimum atomic E-state index is -0.136. The van der Waals surface area contributed by atoms with Crippen LogP contribution in [0.2, 0.25) is 0 Å². The average molecular weight is 365 g/mol. The van der Waals surface area contributed by atoms with Crippen LogP contribution in [0.5, 0.6) is 0 Å². The third-order valence-electron chi connectivity index (χ3n) is 4.67. The highest BCUT2D eigenvalue weighted by Crippen LogP contribution is 2.30. The number of carbonyl (C=O) groups excluding carboxylic acids is 1. The van der Waals surface area contributed by atoms with E-state index >= 15 is 0 Å². The highest BCUT2D eigenvalue weighted by Gasteiger charge is 2.28. The molecular weight excluding hydrogens is 350 g/mol. The molecule has 1 amide bonds. The molecule has 1 aliphatic rings. The van der Waals surface area contributed by atoms with Crippen LogP contribution in [0, 0.1) is 0 Å². The molecule has 4 heterocycles. The second kappa shape index (κ2) is 6.06. The lowest BCUT2D eigenvalue weighted by atomic mass is 10.2. The van der Waals surface area contributed by atoms with Crippen molar-refractivity contribution >= 4 is 44.4 Å². The van der Waals surface area contributed by atoms with E-state index in [4.69, 9.17) is 4.52 Å². The first-order valence-electron chi connectivity index (χ1n) is 8.40. The molecule has 4 aromatic rings. The van der Waals surface area contributed by atoms with Crippen molar-refractivity contribution < 1.29 is 9.32 Å². The monoisotopic (exact) mass is 365 g/mol. The molecule has 1 aliphatic heterocycles. The maximum Gasteiger partial charge on any atom is 0.293 e. The van der Waals surface area contributed by atoms with Gasteiger partial charge in [0.2, 0.25) is 11.4 Å². The van der Waals surface area contributed by atoms with Gasteiger partial charge in [0.15, 0.2) is 0 Å². The summed E-state index contributed by atoms with van der Waals surface area (Å²) in [7, 11) is 0. The number of rotatable bonds is 2. The summed E-state index contributed by atoms with van der Waals surface area (Å²) in [6.07, 6.45) is 1.63. The van der Waals surface area contributed by atoms with Crippen LogP contribution in [-0.4, -0.2) is 51.5 Å². The maximum absolute atomic E-state index is 12.8. The lowest BCUT2D eigenvalue weighted by Gasteiger charge is -2.34. The minimum Gasteiger partial charge on any atom is -0.352 e. The summed E-state index contributed by atoms with van der Waals surface area (Å²) in [4.78, 5) is 21.0. The van der Waals surface area contributed by atoms with E-state index in [1.165, 1.54) is 21.6 Å². The number of amides is 1. The molecule has 1 saturated heterocycles. The summed E-state index contributed by atoms with van der Waals surface area (Å²) in [5.41, 5.74) is 0.462. The molecule has 1 aromatic carbocycles. The molecule has 0 radical (unpaired) electrons. The normalized spacial score (nSPS) is 15.1. The zero-order valence-electron chi connectivity index (χ0n) is 13.8. The Morgan fingerprint density at radius 1 is 1.04 bits per heavy atom. The molecule has 0 aliphatic carbocycles. The van der Waals surface area contributed by atoms with E-state index < -0.39 is 0 Å². The van der Waals surface area contributed by atoms with Gasteiger partial charge in [-0.05, 0) is 35.8 Å². The largest absolute Gasteiger partial charge is 0.352 e. The summed E-state index contributed by atoms with van der Waals surface area (Å²) in [6, 6.07) is 11.8. The van der Waals surface area contributed by atoms with Crippen molar-refractivity contribution in [3.63, 3.8) is 0 Å². The fourth-order valence-electron chi connectivity index (χ4n) is 3.30. The van der Waals surface area contributed by atoms with Crippen LogP contribution in [0.1, 0.15) is 10.6 Å². The van der Waals surface area contributed by atoms with Crippen LogP contribution >= 0.6 is 11.5 Å². The van der Waals surface area contributed by atoms with Gasteiger partial charge in [0.1, 0.15) is 5.82 Å². The number of pyridine rings is 1. The van der Waals surface area contributed by atoms with Crippen molar-refractivity contribution in [3.8, 4) is 0 Å². The molecule has 0 bridgehead atoms. The summed E-state index contributed by atoms with van der Waals surface area (Å²) in [6.45, 7) is 2.72. The number of benzene rings is 1. The molecule has 0 saturated carbocycles. The lowest BCUT2D eigenvalue weighted by Crippen LogP contribution is -2.48. The van der Waals surface area contributed by atoms with Gasteiger partial charge in [0.25, 0.3) is 5.91 Å². The van der Waals surface area contributed by atoms with Crippen LogP contribution in [0.4, 0.5) is 5.82 Å². The Balaban J connectivity index is 1.35.